The van der Waals surface area contributed by atoms with E-state index in [9.17, 15) is 4.39 Å². The van der Waals surface area contributed by atoms with Crippen LogP contribution in [-0.4, -0.2) is 37.2 Å². The van der Waals surface area contributed by atoms with Crippen LogP contribution in [-0.2, 0) is 4.74 Å². The predicted molar refractivity (Wildman–Crippen MR) is 49.2 cm³/mol. The summed E-state index contributed by atoms with van der Waals surface area (Å²) in [5.41, 5.74) is 1.06. The molecule has 1 unspecified atom stereocenters. The van der Waals surface area contributed by atoms with Crippen molar-refractivity contribution in [3.63, 3.8) is 0 Å². The number of methoxy groups -OCH3 is 1. The first-order chi connectivity index (χ1) is 6.30. The third-order valence-corrected chi connectivity index (χ3v) is 3.26. The monoisotopic (exact) mass is 185 g/mol. The highest BCUT2D eigenvalue weighted by Crippen LogP contribution is 2.41. The zero-order chi connectivity index (χ0) is 9.31. The largest absolute Gasteiger partial charge is 0.383 e. The standard InChI is InChI=1S/C10H16FNO/c1-13-8-10-3-2-4-12(10)7-9(5-10)6-11/h6H,2-5,7-8H2,1H3/b9-6-. The summed E-state index contributed by atoms with van der Waals surface area (Å²) < 4.78 is 17.6. The summed E-state index contributed by atoms with van der Waals surface area (Å²) >= 11 is 0. The van der Waals surface area contributed by atoms with Gasteiger partial charge in [-0.25, -0.2) is 4.39 Å². The summed E-state index contributed by atoms with van der Waals surface area (Å²) in [6, 6.07) is 0. The van der Waals surface area contributed by atoms with E-state index in [1.165, 1.54) is 6.42 Å². The van der Waals surface area contributed by atoms with Crippen molar-refractivity contribution < 1.29 is 9.13 Å². The van der Waals surface area contributed by atoms with Crippen molar-refractivity contribution >= 4 is 0 Å². The molecule has 0 aromatic rings. The topological polar surface area (TPSA) is 12.5 Å². The molecule has 0 aromatic carbocycles. The van der Waals surface area contributed by atoms with Crippen molar-refractivity contribution in [2.24, 2.45) is 0 Å². The molecule has 0 bridgehead atoms. The number of nitrogens with zero attached hydrogens (tertiary/aromatic N) is 1. The lowest BCUT2D eigenvalue weighted by Gasteiger charge is -2.30. The number of rotatable bonds is 2. The minimum absolute atomic E-state index is 0.132. The Kier molecular flexibility index (Phi) is 2.39. The second-order valence-electron chi connectivity index (χ2n) is 4.13. The maximum absolute atomic E-state index is 12.4. The first-order valence-corrected chi connectivity index (χ1v) is 4.83. The van der Waals surface area contributed by atoms with Crippen LogP contribution in [0.2, 0.25) is 0 Å². The number of fused-ring (bicyclic) bond motifs is 1. The lowest BCUT2D eigenvalue weighted by Crippen LogP contribution is -2.42. The van der Waals surface area contributed by atoms with E-state index in [-0.39, 0.29) is 5.54 Å². The highest BCUT2D eigenvalue weighted by atomic mass is 19.1. The summed E-state index contributed by atoms with van der Waals surface area (Å²) in [7, 11) is 1.72. The zero-order valence-electron chi connectivity index (χ0n) is 8.05. The highest BCUT2D eigenvalue weighted by molar-refractivity contribution is 5.18. The van der Waals surface area contributed by atoms with E-state index in [2.05, 4.69) is 4.90 Å². The van der Waals surface area contributed by atoms with Gasteiger partial charge in [0.1, 0.15) is 0 Å². The van der Waals surface area contributed by atoms with Crippen LogP contribution in [0.3, 0.4) is 0 Å². The normalized spacial score (nSPS) is 37.2. The van der Waals surface area contributed by atoms with Crippen LogP contribution < -0.4 is 0 Å². The van der Waals surface area contributed by atoms with E-state index in [0.717, 1.165) is 44.4 Å². The molecule has 0 aliphatic carbocycles. The molecule has 0 spiro atoms. The van der Waals surface area contributed by atoms with Gasteiger partial charge in [0.2, 0.25) is 0 Å². The molecule has 1 atom stereocenters. The molecule has 0 radical (unpaired) electrons. The smallest absolute Gasteiger partial charge is 0.0872 e. The Bertz CT molecular complexity index is 229. The molecular formula is C10H16FNO. The van der Waals surface area contributed by atoms with Gasteiger partial charge in [-0.15, -0.1) is 0 Å². The summed E-state index contributed by atoms with van der Waals surface area (Å²) in [5, 5.41) is 0. The van der Waals surface area contributed by atoms with Gasteiger partial charge in [0.15, 0.2) is 0 Å². The van der Waals surface area contributed by atoms with E-state index in [1.807, 2.05) is 0 Å². The fourth-order valence-electron chi connectivity index (χ4n) is 2.72. The number of hydrogen-bond donors (Lipinski definition) is 0. The highest BCUT2D eigenvalue weighted by Gasteiger charge is 2.46. The van der Waals surface area contributed by atoms with E-state index in [4.69, 9.17) is 4.74 Å². The van der Waals surface area contributed by atoms with Gasteiger partial charge in [-0.2, -0.15) is 0 Å². The lowest BCUT2D eigenvalue weighted by molar-refractivity contribution is 0.0656. The summed E-state index contributed by atoms with van der Waals surface area (Å²) in [4.78, 5) is 2.36. The van der Waals surface area contributed by atoms with Crippen molar-refractivity contribution in [2.75, 3.05) is 26.8 Å². The molecule has 2 fully saturated rings. The van der Waals surface area contributed by atoms with Gasteiger partial charge in [0.25, 0.3) is 0 Å². The Morgan fingerprint density at radius 1 is 1.69 bits per heavy atom. The van der Waals surface area contributed by atoms with Crippen LogP contribution in [0, 0.1) is 0 Å². The summed E-state index contributed by atoms with van der Waals surface area (Å²) in [6.45, 7) is 2.64. The maximum Gasteiger partial charge on any atom is 0.0872 e. The Balaban J connectivity index is 2.14. The van der Waals surface area contributed by atoms with Gasteiger partial charge in [0, 0.05) is 19.2 Å². The average Bonchev–Trinajstić information content (AvgIpc) is 2.60. The van der Waals surface area contributed by atoms with E-state index < -0.39 is 0 Å². The van der Waals surface area contributed by atoms with Gasteiger partial charge in [0.05, 0.1) is 12.9 Å². The molecule has 2 aliphatic heterocycles. The number of halogens is 1. The second kappa shape index (κ2) is 3.39. The van der Waals surface area contributed by atoms with E-state index in [1.54, 1.807) is 7.11 Å². The molecule has 0 N–H and O–H groups in total. The van der Waals surface area contributed by atoms with Crippen LogP contribution >= 0.6 is 0 Å². The van der Waals surface area contributed by atoms with E-state index >= 15 is 0 Å². The van der Waals surface area contributed by atoms with Crippen LogP contribution in [0.15, 0.2) is 11.9 Å². The van der Waals surface area contributed by atoms with Crippen LogP contribution in [0.25, 0.3) is 0 Å². The van der Waals surface area contributed by atoms with Gasteiger partial charge >= 0.3 is 0 Å². The predicted octanol–water partition coefficient (Wildman–Crippen LogP) is 1.72. The van der Waals surface area contributed by atoms with Gasteiger partial charge in [-0.3, -0.25) is 4.90 Å². The molecule has 0 amide bonds. The fraction of sp³-hybridized carbons (Fsp3) is 0.800. The van der Waals surface area contributed by atoms with E-state index in [0.29, 0.717) is 0 Å². The van der Waals surface area contributed by atoms with Crippen molar-refractivity contribution in [3.8, 4) is 0 Å². The quantitative estimate of drug-likeness (QED) is 0.649. The first-order valence-electron chi connectivity index (χ1n) is 4.83. The summed E-state index contributed by atoms with van der Waals surface area (Å²) in [6.07, 6.45) is 4.01. The van der Waals surface area contributed by atoms with Crippen molar-refractivity contribution in [1.29, 1.82) is 0 Å². The molecule has 2 rings (SSSR count). The Hall–Kier alpha value is -0.410. The van der Waals surface area contributed by atoms with Gasteiger partial charge in [-0.1, -0.05) is 0 Å². The molecule has 2 nitrogen and oxygen atoms in total. The Morgan fingerprint density at radius 3 is 3.23 bits per heavy atom. The molecule has 2 saturated heterocycles. The van der Waals surface area contributed by atoms with Crippen molar-refractivity contribution in [2.45, 2.75) is 24.8 Å². The Morgan fingerprint density at radius 2 is 2.54 bits per heavy atom. The van der Waals surface area contributed by atoms with Crippen LogP contribution in [0.4, 0.5) is 4.39 Å². The SMILES string of the molecule is COCC12CCCN1C/C(=C\F)C2. The van der Waals surface area contributed by atoms with Gasteiger partial charge in [-0.05, 0) is 31.4 Å². The molecule has 0 saturated carbocycles. The third-order valence-electron chi connectivity index (χ3n) is 3.26. The minimum atomic E-state index is 0.132. The molecular weight excluding hydrogens is 169 g/mol. The first kappa shape index (κ1) is 9.16. The second-order valence-corrected chi connectivity index (χ2v) is 4.13. The molecule has 2 heterocycles. The lowest BCUT2D eigenvalue weighted by atomic mass is 9.94. The maximum atomic E-state index is 12.4. The third kappa shape index (κ3) is 1.40. The molecule has 3 heteroatoms. The fourth-order valence-corrected chi connectivity index (χ4v) is 2.72. The number of hydrogen-bond acceptors (Lipinski definition) is 2. The van der Waals surface area contributed by atoms with Crippen LogP contribution in [0.1, 0.15) is 19.3 Å². The summed E-state index contributed by atoms with van der Waals surface area (Å²) in [5.74, 6) is 0. The zero-order valence-corrected chi connectivity index (χ0v) is 8.05. The molecule has 0 aromatic heterocycles. The minimum Gasteiger partial charge on any atom is -0.383 e. The van der Waals surface area contributed by atoms with Crippen molar-refractivity contribution in [1.82, 2.24) is 4.90 Å². The molecule has 2 aliphatic rings. The van der Waals surface area contributed by atoms with Crippen molar-refractivity contribution in [3.05, 3.63) is 11.9 Å². The molecule has 74 valence electrons. The number of ether oxygens (including phenoxy) is 1. The average molecular weight is 185 g/mol. The van der Waals surface area contributed by atoms with Gasteiger partial charge < -0.3 is 4.74 Å². The molecule has 13 heavy (non-hydrogen) atoms. The van der Waals surface area contributed by atoms with Crippen LogP contribution in [0.5, 0.6) is 0 Å². The Labute approximate surface area is 78.4 Å².